The van der Waals surface area contributed by atoms with E-state index in [0.717, 1.165) is 12.1 Å². The first-order chi connectivity index (χ1) is 46.2. The summed E-state index contributed by atoms with van der Waals surface area (Å²) in [6, 6.07) is 13.8. The second-order valence-corrected chi connectivity index (χ2v) is 23.9. The zero-order valence-electron chi connectivity index (χ0n) is 57.3. The number of unbranched alkanes of at least 4 members (excludes halogenated alkanes) is 1. The highest BCUT2D eigenvalue weighted by molar-refractivity contribution is 6.15. The van der Waals surface area contributed by atoms with Crippen LogP contribution in [0, 0.1) is 12.8 Å². The molecule has 28 nitrogen and oxygen atoms in total. The molecular formula is C68H99N11O17. The fraction of sp³-hybridized carbons (Fsp3) is 0.559. The van der Waals surface area contributed by atoms with Crippen molar-refractivity contribution in [2.24, 2.45) is 11.7 Å². The normalized spacial score (nSPS) is 13.3. The molecule has 0 aliphatic carbocycles. The number of fused-ring (bicyclic) bond motifs is 4. The molecule has 7 amide bonds. The number of methoxy groups -OCH3 is 1. The number of nitrogens with zero attached hydrogens (tertiary/aromatic N) is 4. The minimum absolute atomic E-state index is 0.0146. The number of nitrogens with two attached hydrogens (primary N) is 1. The first kappa shape index (κ1) is 76.6. The fourth-order valence-corrected chi connectivity index (χ4v) is 10.5. The number of H-pyrrole nitrogens is 1. The standard InChI is InChI=1S/C68H99N11O17/c1-11-47-42-79(65(84)55-40-48-39-50(20-21-53(48)95-55)93-32-29-76(6)7)52-41-54(62-60(59(47)52)58(45(5)73-62)66(85)88-10)96-68(87)78(9)28-27-77(8)67(86)94-43-46-16-18-49(19-17-46)74-63(82)51(15-13-14-23-69)75-64(83)61(44(3)4)72-25-24-70-57(81)22-30-89-33-35-91-37-38-92-36-34-90-31-26-71-56(80)12-2/h16-21,39-41,44,47,51,61,72-73H,11-15,22-38,42-43,69H2,1-10H3,(H,70,81)(H,71,80)(H,74,82)(H,75,83)/t47-,51?,61+/m1/s1. The molecule has 8 N–H and O–H groups in total. The minimum atomic E-state index is -0.882. The number of rotatable bonds is 42. The molecule has 3 aromatic carbocycles. The molecule has 1 unspecified atom stereocenters. The van der Waals surface area contributed by atoms with Crippen molar-refractivity contribution in [3.63, 3.8) is 0 Å². The summed E-state index contributed by atoms with van der Waals surface area (Å²) >= 11 is 0. The Bertz CT molecular complexity index is 3350. The van der Waals surface area contributed by atoms with E-state index in [2.05, 4.69) is 31.6 Å². The molecule has 1 aliphatic heterocycles. The van der Waals surface area contributed by atoms with Crippen molar-refractivity contribution in [1.82, 2.24) is 41.0 Å². The molecule has 0 saturated carbocycles. The molecule has 0 bridgehead atoms. The first-order valence-corrected chi connectivity index (χ1v) is 32.9. The number of benzene rings is 3. The maximum Gasteiger partial charge on any atom is 0.415 e. The Kier molecular flexibility index (Phi) is 31.6. The van der Waals surface area contributed by atoms with Gasteiger partial charge in [0.25, 0.3) is 5.91 Å². The number of hydrogen-bond acceptors (Lipinski definition) is 20. The molecule has 0 saturated heterocycles. The van der Waals surface area contributed by atoms with E-state index in [9.17, 15) is 38.4 Å². The highest BCUT2D eigenvalue weighted by atomic mass is 16.6. The number of amides is 7. The van der Waals surface area contributed by atoms with Gasteiger partial charge < -0.3 is 99.2 Å². The summed E-state index contributed by atoms with van der Waals surface area (Å²) < 4.78 is 50.8. The van der Waals surface area contributed by atoms with E-state index in [4.69, 9.17) is 48.0 Å². The number of carbonyl (C=O) groups is 8. The summed E-state index contributed by atoms with van der Waals surface area (Å²) in [7, 11) is 8.25. The van der Waals surface area contributed by atoms with Gasteiger partial charge in [0.05, 0.1) is 82.8 Å². The summed E-state index contributed by atoms with van der Waals surface area (Å²) in [5.74, 6) is -1.61. The van der Waals surface area contributed by atoms with E-state index < -0.39 is 42.1 Å². The number of aromatic amines is 1. The third-order valence-electron chi connectivity index (χ3n) is 16.0. The summed E-state index contributed by atoms with van der Waals surface area (Å²) in [5, 5.41) is 15.7. The lowest BCUT2D eigenvalue weighted by Crippen LogP contribution is -2.54. The number of nitrogens with one attached hydrogen (secondary N) is 6. The number of hydrogen-bond donors (Lipinski definition) is 7. The van der Waals surface area contributed by atoms with Crippen LogP contribution in [0.2, 0.25) is 0 Å². The zero-order valence-corrected chi connectivity index (χ0v) is 57.3. The van der Waals surface area contributed by atoms with Crippen LogP contribution in [0.5, 0.6) is 11.5 Å². The molecule has 6 rings (SSSR count). The predicted octanol–water partition coefficient (Wildman–Crippen LogP) is 6.07. The van der Waals surface area contributed by atoms with Crippen LogP contribution >= 0.6 is 0 Å². The lowest BCUT2D eigenvalue weighted by atomic mass is 9.93. The van der Waals surface area contributed by atoms with E-state index in [1.54, 1.807) is 67.3 Å². The second kappa shape index (κ2) is 39.6. The number of anilines is 2. The van der Waals surface area contributed by atoms with Crippen molar-refractivity contribution in [2.45, 2.75) is 97.8 Å². The van der Waals surface area contributed by atoms with Gasteiger partial charge in [-0.1, -0.05) is 39.8 Å². The van der Waals surface area contributed by atoms with Crippen LogP contribution in [0.15, 0.2) is 59.0 Å². The van der Waals surface area contributed by atoms with Crippen molar-refractivity contribution in [3.05, 3.63) is 82.7 Å². The Morgan fingerprint density at radius 2 is 1.42 bits per heavy atom. The maximum atomic E-state index is 14.5. The van der Waals surface area contributed by atoms with Crippen molar-refractivity contribution < 1.29 is 80.7 Å². The third kappa shape index (κ3) is 23.2. The van der Waals surface area contributed by atoms with Crippen molar-refractivity contribution in [2.75, 3.05) is 157 Å². The van der Waals surface area contributed by atoms with E-state index in [-0.39, 0.29) is 92.4 Å². The summed E-state index contributed by atoms with van der Waals surface area (Å²) in [6.07, 6.45) is 1.33. The van der Waals surface area contributed by atoms with Gasteiger partial charge in [-0.3, -0.25) is 24.0 Å². The van der Waals surface area contributed by atoms with Gasteiger partial charge in [-0.25, -0.2) is 14.4 Å². The molecule has 5 aromatic rings. The summed E-state index contributed by atoms with van der Waals surface area (Å²) in [4.78, 5) is 116. The number of ether oxygens (including phenoxy) is 8. The minimum Gasteiger partial charge on any atom is -0.492 e. The number of aryl methyl sites for hydroxylation is 1. The number of furan rings is 1. The number of esters is 1. The molecule has 3 heterocycles. The second-order valence-electron chi connectivity index (χ2n) is 23.9. The van der Waals surface area contributed by atoms with Crippen molar-refractivity contribution in [3.8, 4) is 11.5 Å². The van der Waals surface area contributed by atoms with Crippen molar-refractivity contribution >= 4 is 80.9 Å². The summed E-state index contributed by atoms with van der Waals surface area (Å²) in [5.41, 5.74) is 9.64. The van der Waals surface area contributed by atoms with Gasteiger partial charge in [-0.05, 0) is 107 Å². The molecule has 528 valence electrons. The smallest absolute Gasteiger partial charge is 0.415 e. The molecule has 2 aromatic heterocycles. The number of carbonyl (C=O) groups excluding carboxylic acids is 8. The van der Waals surface area contributed by atoms with E-state index in [0.29, 0.717) is 155 Å². The van der Waals surface area contributed by atoms with Gasteiger partial charge >= 0.3 is 18.2 Å². The molecule has 0 fully saturated rings. The quantitative estimate of drug-likeness (QED) is 0.0172. The summed E-state index contributed by atoms with van der Waals surface area (Å²) in [6.45, 7) is 15.1. The molecule has 96 heavy (non-hydrogen) atoms. The average molecular weight is 1340 g/mol. The SMILES string of the molecule is CCC(=O)NCCOCCOCCOCCOCCC(=O)NCCN[C@H](C(=O)NC(CCCCN)C(=O)Nc1ccc(COC(=O)N(C)CCN(C)C(=O)Oc2cc3c(c4c(C(=O)OC)c(C)[nH]c24)[C@H](CC)CN3C(=O)c2cc3cc(OCCN(C)C)ccc3o2)cc1)C(C)C. The van der Waals surface area contributed by atoms with E-state index in [1.807, 2.05) is 45.8 Å². The van der Waals surface area contributed by atoms with Gasteiger partial charge in [-0.15, -0.1) is 0 Å². The Labute approximate surface area is 561 Å². The average Bonchev–Trinajstić information content (AvgIpc) is 1.56. The monoisotopic (exact) mass is 1340 g/mol. The first-order valence-electron chi connectivity index (χ1n) is 32.9. The highest BCUT2D eigenvalue weighted by Gasteiger charge is 2.39. The lowest BCUT2D eigenvalue weighted by Gasteiger charge is -2.25. The number of aromatic nitrogens is 1. The van der Waals surface area contributed by atoms with E-state index in [1.165, 1.54) is 31.0 Å². The Hall–Kier alpha value is -8.38. The van der Waals surface area contributed by atoms with Crippen LogP contribution < -0.4 is 46.7 Å². The third-order valence-corrected chi connectivity index (χ3v) is 16.0. The Morgan fingerprint density at radius 3 is 2.06 bits per heavy atom. The molecule has 3 atom stereocenters. The topological polar surface area (TPSA) is 338 Å². The largest absolute Gasteiger partial charge is 0.492 e. The van der Waals surface area contributed by atoms with Gasteiger partial charge in [-0.2, -0.15) is 0 Å². The van der Waals surface area contributed by atoms with Crippen LogP contribution in [0.25, 0.3) is 21.9 Å². The van der Waals surface area contributed by atoms with Crippen LogP contribution in [-0.2, 0) is 54.2 Å². The van der Waals surface area contributed by atoms with Crippen LogP contribution in [0.4, 0.5) is 21.0 Å². The van der Waals surface area contributed by atoms with Crippen molar-refractivity contribution in [1.29, 1.82) is 0 Å². The van der Waals surface area contributed by atoms with Gasteiger partial charge in [0.2, 0.25) is 23.6 Å². The Balaban J connectivity index is 0.941. The van der Waals surface area contributed by atoms with Crippen LogP contribution in [0.1, 0.15) is 110 Å². The molecule has 0 radical (unpaired) electrons. The number of likely N-dealkylation sites (N-methyl/N-ethyl adjacent to an activating group) is 3. The zero-order chi connectivity index (χ0) is 69.7. The van der Waals surface area contributed by atoms with E-state index >= 15 is 0 Å². The molecule has 0 spiro atoms. The lowest BCUT2D eigenvalue weighted by molar-refractivity contribution is -0.128. The highest BCUT2D eigenvalue weighted by Crippen LogP contribution is 2.49. The maximum absolute atomic E-state index is 14.5. The van der Waals surface area contributed by atoms with Crippen LogP contribution in [0.3, 0.4) is 0 Å². The molecule has 1 aliphatic rings. The van der Waals surface area contributed by atoms with Gasteiger partial charge in [0.1, 0.15) is 30.6 Å². The predicted molar refractivity (Wildman–Crippen MR) is 362 cm³/mol. The van der Waals surface area contributed by atoms with Gasteiger partial charge in [0.15, 0.2) is 11.5 Å². The fourth-order valence-electron chi connectivity index (χ4n) is 10.5. The van der Waals surface area contributed by atoms with Crippen LogP contribution in [-0.4, -0.2) is 227 Å². The Morgan fingerprint density at radius 1 is 0.750 bits per heavy atom. The molecular weight excluding hydrogens is 1240 g/mol. The molecule has 28 heteroatoms. The van der Waals surface area contributed by atoms with Gasteiger partial charge in [0, 0.05) is 107 Å².